The van der Waals surface area contributed by atoms with E-state index in [-0.39, 0.29) is 0 Å². The molecule has 2 N–H and O–H groups in total. The second kappa shape index (κ2) is 5.65. The first-order valence-corrected chi connectivity index (χ1v) is 7.21. The maximum absolute atomic E-state index is 13.1. The molecule has 0 unspecified atom stereocenters. The predicted octanol–water partition coefficient (Wildman–Crippen LogP) is 3.78. The molecule has 0 saturated carbocycles. The van der Waals surface area contributed by atoms with Crippen molar-refractivity contribution in [2.24, 2.45) is 0 Å². The van der Waals surface area contributed by atoms with Gasteiger partial charge in [-0.2, -0.15) is 0 Å². The van der Waals surface area contributed by atoms with Gasteiger partial charge in [-0.25, -0.2) is 18.7 Å². The van der Waals surface area contributed by atoms with Gasteiger partial charge in [-0.15, -0.1) is 11.8 Å². The van der Waals surface area contributed by atoms with Gasteiger partial charge in [-0.3, -0.25) is 0 Å². The van der Waals surface area contributed by atoms with Gasteiger partial charge in [0.15, 0.2) is 11.6 Å². The zero-order chi connectivity index (χ0) is 14.8. The van der Waals surface area contributed by atoms with E-state index in [1.54, 1.807) is 0 Å². The number of nitrogens with two attached hydrogens (primary N) is 1. The Morgan fingerprint density at radius 2 is 1.81 bits per heavy atom. The second-order valence-electron chi connectivity index (χ2n) is 4.41. The molecular formula is C15H11F2N3S. The van der Waals surface area contributed by atoms with Crippen LogP contribution in [-0.4, -0.2) is 9.97 Å². The summed E-state index contributed by atoms with van der Waals surface area (Å²) in [6, 6.07) is 11.3. The van der Waals surface area contributed by atoms with Gasteiger partial charge in [-0.05, 0) is 30.3 Å². The average Bonchev–Trinajstić information content (AvgIpc) is 2.49. The van der Waals surface area contributed by atoms with Crippen molar-refractivity contribution in [3.05, 3.63) is 59.9 Å². The summed E-state index contributed by atoms with van der Waals surface area (Å²) in [4.78, 5) is 9.26. The molecule has 0 amide bonds. The van der Waals surface area contributed by atoms with E-state index in [1.807, 2.05) is 24.3 Å². The SMILES string of the molecule is Nc1nc(CSc2ccc(F)c(F)c2)nc2ccccc12. The maximum Gasteiger partial charge on any atom is 0.159 e. The Hall–Kier alpha value is -2.21. The molecule has 3 aromatic rings. The summed E-state index contributed by atoms with van der Waals surface area (Å²) in [5, 5.41) is 0.805. The number of hydrogen-bond acceptors (Lipinski definition) is 4. The van der Waals surface area contributed by atoms with Crippen molar-refractivity contribution in [3.8, 4) is 0 Å². The van der Waals surface area contributed by atoms with Crippen LogP contribution in [0.1, 0.15) is 5.82 Å². The number of nitrogens with zero attached hydrogens (tertiary/aromatic N) is 2. The third kappa shape index (κ3) is 2.95. The van der Waals surface area contributed by atoms with E-state index in [4.69, 9.17) is 5.73 Å². The van der Waals surface area contributed by atoms with Crippen LogP contribution in [-0.2, 0) is 5.75 Å². The highest BCUT2D eigenvalue weighted by atomic mass is 32.2. The van der Waals surface area contributed by atoms with Crippen LogP contribution in [0.2, 0.25) is 0 Å². The topological polar surface area (TPSA) is 51.8 Å². The molecule has 0 aliphatic heterocycles. The van der Waals surface area contributed by atoms with Crippen LogP contribution in [0.5, 0.6) is 0 Å². The number of hydrogen-bond donors (Lipinski definition) is 1. The van der Waals surface area contributed by atoms with E-state index in [2.05, 4.69) is 9.97 Å². The molecule has 106 valence electrons. The molecule has 0 fully saturated rings. The lowest BCUT2D eigenvalue weighted by Gasteiger charge is -2.05. The van der Waals surface area contributed by atoms with Crippen LogP contribution >= 0.6 is 11.8 Å². The normalized spacial score (nSPS) is 11.0. The molecule has 0 saturated heterocycles. The van der Waals surface area contributed by atoms with E-state index >= 15 is 0 Å². The summed E-state index contributed by atoms with van der Waals surface area (Å²) < 4.78 is 26.0. The van der Waals surface area contributed by atoms with Gasteiger partial charge in [0.2, 0.25) is 0 Å². The van der Waals surface area contributed by atoms with Gasteiger partial charge in [0.05, 0.1) is 11.3 Å². The van der Waals surface area contributed by atoms with Crippen molar-refractivity contribution in [2.45, 2.75) is 10.6 Å². The Morgan fingerprint density at radius 1 is 1.00 bits per heavy atom. The standard InChI is InChI=1S/C15H11F2N3S/c16-11-6-5-9(7-12(11)17)21-8-14-19-13-4-2-1-3-10(13)15(18)20-14/h1-7H,8H2,(H2,18,19,20). The first-order chi connectivity index (χ1) is 10.1. The number of fused-ring (bicyclic) bond motifs is 1. The van der Waals surface area contributed by atoms with Gasteiger partial charge in [0.1, 0.15) is 11.6 Å². The lowest BCUT2D eigenvalue weighted by molar-refractivity contribution is 0.506. The molecule has 1 heterocycles. The molecule has 0 spiro atoms. The first-order valence-electron chi connectivity index (χ1n) is 6.22. The fourth-order valence-corrected chi connectivity index (χ4v) is 2.71. The van der Waals surface area contributed by atoms with Gasteiger partial charge >= 0.3 is 0 Å². The van der Waals surface area contributed by atoms with E-state index in [0.29, 0.717) is 22.3 Å². The maximum atomic E-state index is 13.1. The zero-order valence-corrected chi connectivity index (χ0v) is 11.7. The highest BCUT2D eigenvalue weighted by Gasteiger charge is 2.07. The molecule has 2 aromatic carbocycles. The monoisotopic (exact) mass is 303 g/mol. The van der Waals surface area contributed by atoms with Crippen LogP contribution in [0.4, 0.5) is 14.6 Å². The average molecular weight is 303 g/mol. The Morgan fingerprint density at radius 3 is 2.62 bits per heavy atom. The van der Waals surface area contributed by atoms with Crippen molar-refractivity contribution < 1.29 is 8.78 Å². The first kappa shape index (κ1) is 13.8. The molecule has 0 aliphatic carbocycles. The summed E-state index contributed by atoms with van der Waals surface area (Å²) in [5.41, 5.74) is 6.67. The number of rotatable bonds is 3. The van der Waals surface area contributed by atoms with E-state index in [0.717, 1.165) is 23.0 Å². The van der Waals surface area contributed by atoms with Crippen molar-refractivity contribution in [1.29, 1.82) is 0 Å². The van der Waals surface area contributed by atoms with Gasteiger partial charge in [0, 0.05) is 10.3 Å². The third-order valence-electron chi connectivity index (χ3n) is 2.94. The Balaban J connectivity index is 1.83. The molecule has 1 aromatic heterocycles. The van der Waals surface area contributed by atoms with Gasteiger partial charge < -0.3 is 5.73 Å². The minimum absolute atomic E-state index is 0.418. The number of thioether (sulfide) groups is 1. The summed E-state index contributed by atoms with van der Waals surface area (Å²) in [5.74, 6) is -0.313. The molecule has 0 atom stereocenters. The predicted molar refractivity (Wildman–Crippen MR) is 79.9 cm³/mol. The van der Waals surface area contributed by atoms with Crippen LogP contribution in [0, 0.1) is 11.6 Å². The molecular weight excluding hydrogens is 292 g/mol. The largest absolute Gasteiger partial charge is 0.383 e. The number of halogens is 2. The number of anilines is 1. The molecule has 0 bridgehead atoms. The summed E-state index contributed by atoms with van der Waals surface area (Å²) in [6.07, 6.45) is 0. The van der Waals surface area contributed by atoms with E-state index in [1.165, 1.54) is 17.8 Å². The molecule has 3 rings (SSSR count). The summed E-state index contributed by atoms with van der Waals surface area (Å²) in [6.45, 7) is 0. The smallest absolute Gasteiger partial charge is 0.159 e. The van der Waals surface area contributed by atoms with Crippen molar-refractivity contribution >= 4 is 28.5 Å². The molecule has 3 nitrogen and oxygen atoms in total. The molecule has 0 aliphatic rings. The molecule has 6 heteroatoms. The second-order valence-corrected chi connectivity index (χ2v) is 5.46. The number of aromatic nitrogens is 2. The lowest BCUT2D eigenvalue weighted by Crippen LogP contribution is -1.99. The van der Waals surface area contributed by atoms with Crippen LogP contribution in [0.3, 0.4) is 0 Å². The fraction of sp³-hybridized carbons (Fsp3) is 0.0667. The highest BCUT2D eigenvalue weighted by molar-refractivity contribution is 7.98. The Kier molecular flexibility index (Phi) is 3.70. The van der Waals surface area contributed by atoms with E-state index < -0.39 is 11.6 Å². The quantitative estimate of drug-likeness (QED) is 0.748. The fourth-order valence-electron chi connectivity index (χ4n) is 1.93. The van der Waals surface area contributed by atoms with Crippen LogP contribution in [0.15, 0.2) is 47.4 Å². The van der Waals surface area contributed by atoms with Crippen molar-refractivity contribution in [3.63, 3.8) is 0 Å². The van der Waals surface area contributed by atoms with Crippen LogP contribution < -0.4 is 5.73 Å². The summed E-state index contributed by atoms with van der Waals surface area (Å²) in [7, 11) is 0. The number of benzene rings is 2. The Bertz CT molecular complexity index is 808. The van der Waals surface area contributed by atoms with Crippen LogP contribution in [0.25, 0.3) is 10.9 Å². The van der Waals surface area contributed by atoms with E-state index in [9.17, 15) is 8.78 Å². The zero-order valence-electron chi connectivity index (χ0n) is 10.9. The third-order valence-corrected chi connectivity index (χ3v) is 3.93. The number of nitrogen functional groups attached to an aromatic ring is 1. The minimum atomic E-state index is -0.862. The van der Waals surface area contributed by atoms with Crippen molar-refractivity contribution in [1.82, 2.24) is 9.97 Å². The molecule has 21 heavy (non-hydrogen) atoms. The lowest BCUT2D eigenvalue weighted by atomic mass is 10.2. The van der Waals surface area contributed by atoms with Crippen molar-refractivity contribution in [2.75, 3.05) is 5.73 Å². The highest BCUT2D eigenvalue weighted by Crippen LogP contribution is 2.25. The number of para-hydroxylation sites is 1. The Labute approximate surface area is 124 Å². The molecule has 0 radical (unpaired) electrons. The van der Waals surface area contributed by atoms with Gasteiger partial charge in [0.25, 0.3) is 0 Å². The minimum Gasteiger partial charge on any atom is -0.383 e. The van der Waals surface area contributed by atoms with Gasteiger partial charge in [-0.1, -0.05) is 12.1 Å². The summed E-state index contributed by atoms with van der Waals surface area (Å²) >= 11 is 1.33.